The number of anilines is 1. The summed E-state index contributed by atoms with van der Waals surface area (Å²) >= 11 is 0. The number of aromatic nitrogens is 1. The highest BCUT2D eigenvalue weighted by Crippen LogP contribution is 2.41. The third kappa shape index (κ3) is 4.79. The third-order valence-corrected chi connectivity index (χ3v) is 7.04. The minimum atomic E-state index is -0.556. The number of hydrogen-bond acceptors (Lipinski definition) is 7. The van der Waals surface area contributed by atoms with E-state index >= 15 is 0 Å². The summed E-state index contributed by atoms with van der Waals surface area (Å²) in [5, 5.41) is 22.0. The molecule has 8 nitrogen and oxygen atoms in total. The van der Waals surface area contributed by atoms with Crippen molar-refractivity contribution in [1.29, 1.82) is 5.26 Å². The Kier molecular flexibility index (Phi) is 6.42. The van der Waals surface area contributed by atoms with Gasteiger partial charge in [-0.15, -0.1) is 0 Å². The van der Waals surface area contributed by atoms with E-state index in [1.807, 2.05) is 39.0 Å². The third-order valence-electron chi connectivity index (χ3n) is 7.04. The number of fused-ring (bicyclic) bond motifs is 2. The minimum absolute atomic E-state index is 0.0846. The number of likely N-dealkylation sites (N-methyl/N-ethyl adjacent to an activating group) is 1. The summed E-state index contributed by atoms with van der Waals surface area (Å²) in [4.78, 5) is 23.6. The summed E-state index contributed by atoms with van der Waals surface area (Å²) in [6.07, 6.45) is 0.545. The molecule has 1 fully saturated rings. The second-order valence-corrected chi connectivity index (χ2v) is 10.9. The Morgan fingerprint density at radius 3 is 2.51 bits per heavy atom. The van der Waals surface area contributed by atoms with Crippen LogP contribution in [0.5, 0.6) is 5.75 Å². The lowest BCUT2D eigenvalue weighted by Crippen LogP contribution is -2.50. The largest absolute Gasteiger partial charge is 0.506 e. The molecular weight excluding hydrogens is 466 g/mol. The molecule has 0 atom stereocenters. The molecule has 1 N–H and O–H groups in total. The number of benzene rings is 2. The number of phenols is 1. The van der Waals surface area contributed by atoms with E-state index in [-0.39, 0.29) is 11.8 Å². The van der Waals surface area contributed by atoms with Crippen LogP contribution in [0.2, 0.25) is 0 Å². The van der Waals surface area contributed by atoms with E-state index in [2.05, 4.69) is 29.0 Å². The fraction of sp³-hybridized carbons (Fsp3) is 0.414. The van der Waals surface area contributed by atoms with Crippen LogP contribution in [0.1, 0.15) is 37.5 Å². The highest BCUT2D eigenvalue weighted by Gasteiger charge is 2.30. The number of phenolic OH excluding ortho intramolecular Hbond substituents is 1. The van der Waals surface area contributed by atoms with E-state index in [4.69, 9.17) is 9.72 Å². The Morgan fingerprint density at radius 2 is 1.81 bits per heavy atom. The average molecular weight is 500 g/mol. The van der Waals surface area contributed by atoms with Gasteiger partial charge in [0.15, 0.2) is 0 Å². The molecular formula is C29H33N5O3. The maximum absolute atomic E-state index is 12.6. The summed E-state index contributed by atoms with van der Waals surface area (Å²) in [6.45, 7) is 9.40. The van der Waals surface area contributed by atoms with E-state index in [1.165, 1.54) is 11.1 Å². The molecule has 0 aliphatic carbocycles. The Bertz CT molecular complexity index is 1400. The molecule has 3 aromatic rings. The first-order valence-electron chi connectivity index (χ1n) is 12.7. The fourth-order valence-electron chi connectivity index (χ4n) is 5.30. The first-order valence-corrected chi connectivity index (χ1v) is 12.7. The number of hydrogen-bond donors (Lipinski definition) is 1. The van der Waals surface area contributed by atoms with Crippen molar-refractivity contribution >= 4 is 22.7 Å². The number of rotatable bonds is 2. The van der Waals surface area contributed by atoms with Crippen molar-refractivity contribution in [3.05, 3.63) is 53.1 Å². The average Bonchev–Trinajstić information content (AvgIpc) is 2.86. The predicted octanol–water partition coefficient (Wildman–Crippen LogP) is 4.52. The molecule has 0 radical (unpaired) electrons. The van der Waals surface area contributed by atoms with Crippen molar-refractivity contribution in [3.8, 4) is 23.1 Å². The van der Waals surface area contributed by atoms with E-state index < -0.39 is 5.60 Å². The molecule has 0 unspecified atom stereocenters. The second kappa shape index (κ2) is 9.56. The number of carbonyl (C=O) groups excluding carboxylic acids is 1. The van der Waals surface area contributed by atoms with Crippen LogP contribution in [0.4, 0.5) is 10.5 Å². The molecule has 3 heterocycles. The monoisotopic (exact) mass is 499 g/mol. The van der Waals surface area contributed by atoms with Crippen molar-refractivity contribution in [2.24, 2.45) is 0 Å². The van der Waals surface area contributed by atoms with Crippen molar-refractivity contribution in [2.75, 3.05) is 44.7 Å². The summed E-state index contributed by atoms with van der Waals surface area (Å²) in [5.41, 5.74) is 5.17. The molecule has 0 bridgehead atoms. The van der Waals surface area contributed by atoms with Crippen LogP contribution in [0, 0.1) is 11.3 Å². The zero-order chi connectivity index (χ0) is 26.3. The van der Waals surface area contributed by atoms with Gasteiger partial charge >= 0.3 is 6.09 Å². The van der Waals surface area contributed by atoms with Gasteiger partial charge in [0.25, 0.3) is 0 Å². The van der Waals surface area contributed by atoms with E-state index in [9.17, 15) is 15.2 Å². The Morgan fingerprint density at radius 1 is 1.08 bits per heavy atom. The lowest BCUT2D eigenvalue weighted by atomic mass is 9.90. The van der Waals surface area contributed by atoms with Gasteiger partial charge in [-0.05, 0) is 51.4 Å². The number of nitrogens with zero attached hydrogens (tertiary/aromatic N) is 5. The maximum Gasteiger partial charge on any atom is 0.410 e. The molecule has 1 saturated heterocycles. The summed E-state index contributed by atoms with van der Waals surface area (Å²) in [5.74, 6) is 0.0846. The van der Waals surface area contributed by atoms with Gasteiger partial charge < -0.3 is 24.5 Å². The van der Waals surface area contributed by atoms with Crippen molar-refractivity contribution in [2.45, 2.75) is 39.3 Å². The Hall–Kier alpha value is -3.83. The SMILES string of the molecule is CN1CCc2c(cccc2-c2nc3c(O)cccc3c(N3CCN(C(=O)OC(C)(C)C)CC3)c2C#N)C1. The van der Waals surface area contributed by atoms with Gasteiger partial charge in [-0.3, -0.25) is 0 Å². The zero-order valence-electron chi connectivity index (χ0n) is 21.9. The Balaban J connectivity index is 1.59. The number of piperazine rings is 1. The minimum Gasteiger partial charge on any atom is -0.506 e. The Labute approximate surface area is 217 Å². The van der Waals surface area contributed by atoms with Gasteiger partial charge in [-0.2, -0.15) is 5.26 Å². The zero-order valence-corrected chi connectivity index (χ0v) is 21.9. The smallest absolute Gasteiger partial charge is 0.410 e. The first-order chi connectivity index (χ1) is 17.7. The number of ether oxygens (including phenoxy) is 1. The number of carbonyl (C=O) groups is 1. The highest BCUT2D eigenvalue weighted by atomic mass is 16.6. The van der Waals surface area contributed by atoms with E-state index in [0.717, 1.165) is 36.1 Å². The van der Waals surface area contributed by atoms with Crippen LogP contribution < -0.4 is 4.90 Å². The van der Waals surface area contributed by atoms with Gasteiger partial charge in [-0.1, -0.05) is 30.3 Å². The van der Waals surface area contributed by atoms with Crippen LogP contribution in [-0.2, 0) is 17.7 Å². The van der Waals surface area contributed by atoms with Gasteiger partial charge in [0.1, 0.15) is 28.5 Å². The molecule has 0 saturated carbocycles. The van der Waals surface area contributed by atoms with Crippen LogP contribution in [-0.4, -0.2) is 71.4 Å². The molecule has 2 aliphatic rings. The topological polar surface area (TPSA) is 92.9 Å². The van der Waals surface area contributed by atoms with Gasteiger partial charge in [0.05, 0.1) is 11.4 Å². The van der Waals surface area contributed by atoms with Crippen molar-refractivity contribution in [3.63, 3.8) is 0 Å². The predicted molar refractivity (Wildman–Crippen MR) is 144 cm³/mol. The number of para-hydroxylation sites is 1. The summed E-state index contributed by atoms with van der Waals surface area (Å²) in [6, 6.07) is 13.9. The molecule has 8 heteroatoms. The lowest BCUT2D eigenvalue weighted by molar-refractivity contribution is 0.0240. The van der Waals surface area contributed by atoms with Crippen LogP contribution in [0.25, 0.3) is 22.2 Å². The van der Waals surface area contributed by atoms with Crippen LogP contribution in [0.3, 0.4) is 0 Å². The van der Waals surface area contributed by atoms with E-state index in [0.29, 0.717) is 43.0 Å². The first kappa shape index (κ1) is 24.8. The van der Waals surface area contributed by atoms with E-state index in [1.54, 1.807) is 17.0 Å². The summed E-state index contributed by atoms with van der Waals surface area (Å²) in [7, 11) is 2.11. The fourth-order valence-corrected chi connectivity index (χ4v) is 5.30. The van der Waals surface area contributed by atoms with Gasteiger partial charge in [0, 0.05) is 50.2 Å². The quantitative estimate of drug-likeness (QED) is 0.554. The van der Waals surface area contributed by atoms with Crippen LogP contribution >= 0.6 is 0 Å². The molecule has 5 rings (SSSR count). The molecule has 37 heavy (non-hydrogen) atoms. The van der Waals surface area contributed by atoms with Gasteiger partial charge in [-0.25, -0.2) is 9.78 Å². The number of aromatic hydroxyl groups is 1. The number of amides is 1. The van der Waals surface area contributed by atoms with Crippen molar-refractivity contribution in [1.82, 2.24) is 14.8 Å². The van der Waals surface area contributed by atoms with Crippen molar-refractivity contribution < 1.29 is 14.6 Å². The molecule has 1 amide bonds. The molecule has 2 aromatic carbocycles. The molecule has 2 aliphatic heterocycles. The number of pyridine rings is 1. The normalized spacial score (nSPS) is 16.4. The molecule has 192 valence electrons. The van der Waals surface area contributed by atoms with Crippen LogP contribution in [0.15, 0.2) is 36.4 Å². The highest BCUT2D eigenvalue weighted by molar-refractivity contribution is 6.01. The maximum atomic E-state index is 12.6. The summed E-state index contributed by atoms with van der Waals surface area (Å²) < 4.78 is 5.56. The molecule has 0 spiro atoms. The number of nitriles is 1. The molecule has 1 aromatic heterocycles. The second-order valence-electron chi connectivity index (χ2n) is 10.9. The standard InChI is InChI=1S/C29H33N5O3/c1-29(2,3)37-28(36)34-15-13-33(14-16-34)27-22-9-6-10-24(35)26(22)31-25(23(27)17-30)21-8-5-7-19-18-32(4)12-11-20(19)21/h5-10,35H,11-16,18H2,1-4H3. The van der Waals surface area contributed by atoms with Gasteiger partial charge in [0.2, 0.25) is 0 Å². The lowest BCUT2D eigenvalue weighted by Gasteiger charge is -2.37.